The Balaban J connectivity index is 3.19. The molecule has 0 bridgehead atoms. The first-order valence-corrected chi connectivity index (χ1v) is 4.34. The number of nitrogens with two attached hydrogens (primary N) is 1. The fourth-order valence-corrected chi connectivity index (χ4v) is 1.37. The first kappa shape index (κ1) is 8.81. The summed E-state index contributed by atoms with van der Waals surface area (Å²) in [5, 5.41) is 0. The minimum atomic E-state index is -0.0278. The minimum Gasteiger partial charge on any atom is -0.463 e. The third-order valence-electron chi connectivity index (χ3n) is 1.68. The molecular formula is C8H12BrNO. The number of aryl methyl sites for hydroxylation is 1. The molecule has 0 saturated heterocycles. The second-order valence-electron chi connectivity index (χ2n) is 2.75. The summed E-state index contributed by atoms with van der Waals surface area (Å²) in [6.45, 7) is 5.83. The third-order valence-corrected chi connectivity index (χ3v) is 2.84. The van der Waals surface area contributed by atoms with Crippen molar-refractivity contribution in [2.45, 2.75) is 26.8 Å². The van der Waals surface area contributed by atoms with Crippen molar-refractivity contribution in [1.29, 1.82) is 0 Å². The van der Waals surface area contributed by atoms with Crippen LogP contribution in [0.2, 0.25) is 0 Å². The monoisotopic (exact) mass is 217 g/mol. The van der Waals surface area contributed by atoms with Crippen molar-refractivity contribution in [3.05, 3.63) is 21.6 Å². The van der Waals surface area contributed by atoms with Crippen LogP contribution >= 0.6 is 15.9 Å². The summed E-state index contributed by atoms with van der Waals surface area (Å²) in [5.74, 6) is 1.77. The molecule has 1 atom stereocenters. The van der Waals surface area contributed by atoms with Crippen LogP contribution < -0.4 is 5.73 Å². The van der Waals surface area contributed by atoms with E-state index in [0.717, 1.165) is 21.6 Å². The van der Waals surface area contributed by atoms with Gasteiger partial charge in [0.2, 0.25) is 0 Å². The molecule has 1 heterocycles. The Labute approximate surface area is 74.9 Å². The summed E-state index contributed by atoms with van der Waals surface area (Å²) in [4.78, 5) is 0. The van der Waals surface area contributed by atoms with Gasteiger partial charge in [-0.1, -0.05) is 0 Å². The predicted octanol–water partition coefficient (Wildman–Crippen LogP) is 2.68. The van der Waals surface area contributed by atoms with Crippen LogP contribution in [0.25, 0.3) is 0 Å². The van der Waals surface area contributed by atoms with Crippen LogP contribution in [0, 0.1) is 13.8 Å². The fourth-order valence-electron chi connectivity index (χ4n) is 1.09. The van der Waals surface area contributed by atoms with Gasteiger partial charge in [-0.3, -0.25) is 0 Å². The van der Waals surface area contributed by atoms with Gasteiger partial charge in [-0.25, -0.2) is 0 Å². The smallest absolute Gasteiger partial charge is 0.124 e. The minimum absolute atomic E-state index is 0.0278. The average molecular weight is 218 g/mol. The summed E-state index contributed by atoms with van der Waals surface area (Å²) in [6, 6.07) is -0.0278. The Morgan fingerprint density at radius 1 is 1.45 bits per heavy atom. The molecule has 0 aromatic carbocycles. The van der Waals surface area contributed by atoms with E-state index in [4.69, 9.17) is 10.2 Å². The van der Waals surface area contributed by atoms with Gasteiger partial charge in [0, 0.05) is 5.56 Å². The molecule has 0 radical (unpaired) electrons. The maximum Gasteiger partial charge on any atom is 0.124 e. The summed E-state index contributed by atoms with van der Waals surface area (Å²) >= 11 is 3.42. The van der Waals surface area contributed by atoms with Crippen molar-refractivity contribution >= 4 is 15.9 Å². The van der Waals surface area contributed by atoms with Crippen molar-refractivity contribution in [1.82, 2.24) is 0 Å². The van der Waals surface area contributed by atoms with E-state index < -0.39 is 0 Å². The Kier molecular flexibility index (Phi) is 2.40. The maximum atomic E-state index is 5.68. The Hall–Kier alpha value is -0.280. The highest BCUT2D eigenvalue weighted by Gasteiger charge is 2.14. The second kappa shape index (κ2) is 2.99. The van der Waals surface area contributed by atoms with Crippen LogP contribution in [-0.2, 0) is 0 Å². The highest BCUT2D eigenvalue weighted by atomic mass is 79.9. The van der Waals surface area contributed by atoms with Crippen molar-refractivity contribution < 1.29 is 4.42 Å². The van der Waals surface area contributed by atoms with Gasteiger partial charge in [-0.05, 0) is 36.7 Å². The quantitative estimate of drug-likeness (QED) is 0.786. The van der Waals surface area contributed by atoms with E-state index in [1.54, 1.807) is 0 Å². The highest BCUT2D eigenvalue weighted by Crippen LogP contribution is 2.29. The molecule has 62 valence electrons. The lowest BCUT2D eigenvalue weighted by atomic mass is 10.2. The number of halogens is 1. The molecule has 0 saturated carbocycles. The molecule has 0 spiro atoms. The van der Waals surface area contributed by atoms with Gasteiger partial charge < -0.3 is 10.2 Å². The Morgan fingerprint density at radius 2 is 2.00 bits per heavy atom. The van der Waals surface area contributed by atoms with Gasteiger partial charge in [0.25, 0.3) is 0 Å². The molecule has 1 aromatic rings. The first-order chi connectivity index (χ1) is 5.04. The van der Waals surface area contributed by atoms with Gasteiger partial charge in [0.05, 0.1) is 10.5 Å². The molecule has 1 rings (SSSR count). The first-order valence-electron chi connectivity index (χ1n) is 3.55. The van der Waals surface area contributed by atoms with Crippen molar-refractivity contribution in [3.63, 3.8) is 0 Å². The van der Waals surface area contributed by atoms with Crippen molar-refractivity contribution in [2.75, 3.05) is 0 Å². The van der Waals surface area contributed by atoms with Crippen LogP contribution in [0.4, 0.5) is 0 Å². The number of rotatable bonds is 1. The molecule has 1 unspecified atom stereocenters. The van der Waals surface area contributed by atoms with Crippen LogP contribution in [0.3, 0.4) is 0 Å². The molecule has 0 aliphatic heterocycles. The Morgan fingerprint density at radius 3 is 2.18 bits per heavy atom. The van der Waals surface area contributed by atoms with Crippen LogP contribution in [0.5, 0.6) is 0 Å². The van der Waals surface area contributed by atoms with E-state index in [-0.39, 0.29) is 6.04 Å². The number of hydrogen-bond donors (Lipinski definition) is 1. The number of hydrogen-bond acceptors (Lipinski definition) is 2. The lowest BCUT2D eigenvalue weighted by Crippen LogP contribution is -2.04. The predicted molar refractivity (Wildman–Crippen MR) is 48.5 cm³/mol. The topological polar surface area (TPSA) is 39.2 Å². The molecule has 2 nitrogen and oxygen atoms in total. The lowest BCUT2D eigenvalue weighted by Gasteiger charge is -2.00. The van der Waals surface area contributed by atoms with Gasteiger partial charge in [-0.2, -0.15) is 0 Å². The summed E-state index contributed by atoms with van der Waals surface area (Å²) < 4.78 is 6.47. The zero-order valence-corrected chi connectivity index (χ0v) is 8.53. The average Bonchev–Trinajstić information content (AvgIpc) is 2.17. The third kappa shape index (κ3) is 1.49. The van der Waals surface area contributed by atoms with Crippen molar-refractivity contribution in [2.24, 2.45) is 5.73 Å². The van der Waals surface area contributed by atoms with Gasteiger partial charge >= 0.3 is 0 Å². The highest BCUT2D eigenvalue weighted by molar-refractivity contribution is 9.10. The van der Waals surface area contributed by atoms with Gasteiger partial charge in [0.1, 0.15) is 11.5 Å². The molecule has 0 fully saturated rings. The molecule has 0 aliphatic rings. The second-order valence-corrected chi connectivity index (χ2v) is 3.54. The lowest BCUT2D eigenvalue weighted by molar-refractivity contribution is 0.454. The molecule has 3 heteroatoms. The van der Waals surface area contributed by atoms with Crippen LogP contribution in [-0.4, -0.2) is 0 Å². The molecular weight excluding hydrogens is 206 g/mol. The van der Waals surface area contributed by atoms with E-state index in [0.29, 0.717) is 0 Å². The zero-order valence-electron chi connectivity index (χ0n) is 6.94. The van der Waals surface area contributed by atoms with Crippen molar-refractivity contribution in [3.8, 4) is 0 Å². The molecule has 0 amide bonds. The zero-order chi connectivity index (χ0) is 8.59. The molecule has 0 aliphatic carbocycles. The fraction of sp³-hybridized carbons (Fsp3) is 0.500. The van der Waals surface area contributed by atoms with Gasteiger partial charge in [0.15, 0.2) is 0 Å². The summed E-state index contributed by atoms with van der Waals surface area (Å²) in [7, 11) is 0. The normalized spacial score (nSPS) is 13.5. The molecule has 2 N–H and O–H groups in total. The van der Waals surface area contributed by atoms with E-state index in [2.05, 4.69) is 15.9 Å². The van der Waals surface area contributed by atoms with Crippen LogP contribution in [0.15, 0.2) is 8.89 Å². The van der Waals surface area contributed by atoms with E-state index in [1.807, 2.05) is 20.8 Å². The largest absolute Gasteiger partial charge is 0.463 e. The maximum absolute atomic E-state index is 5.68. The van der Waals surface area contributed by atoms with E-state index >= 15 is 0 Å². The standard InChI is InChI=1S/C8H12BrNO/c1-4-7(9)6(3)11-8(4)5(2)10/h5H,10H2,1-3H3. The molecule has 1 aromatic heterocycles. The molecule has 11 heavy (non-hydrogen) atoms. The van der Waals surface area contributed by atoms with Crippen LogP contribution in [0.1, 0.15) is 30.0 Å². The van der Waals surface area contributed by atoms with E-state index in [1.165, 1.54) is 0 Å². The SMILES string of the molecule is Cc1oc(C(C)N)c(C)c1Br. The summed E-state index contributed by atoms with van der Waals surface area (Å²) in [6.07, 6.45) is 0. The number of furan rings is 1. The summed E-state index contributed by atoms with van der Waals surface area (Å²) in [5.41, 5.74) is 6.79. The van der Waals surface area contributed by atoms with Gasteiger partial charge in [-0.15, -0.1) is 0 Å². The Bertz CT molecular complexity index is 265. The van der Waals surface area contributed by atoms with E-state index in [9.17, 15) is 0 Å².